The van der Waals surface area contributed by atoms with Crippen molar-refractivity contribution in [2.24, 2.45) is 5.92 Å². The summed E-state index contributed by atoms with van der Waals surface area (Å²) in [6.45, 7) is 8.03. The highest BCUT2D eigenvalue weighted by Gasteiger charge is 2.31. The summed E-state index contributed by atoms with van der Waals surface area (Å²) in [6.07, 6.45) is 8.18. The fraction of sp³-hybridized carbons (Fsp3) is 0.706. The average molecular weight is 260 g/mol. The van der Waals surface area contributed by atoms with Crippen molar-refractivity contribution in [2.45, 2.75) is 64.8 Å². The molecule has 19 heavy (non-hydrogen) atoms. The van der Waals surface area contributed by atoms with Gasteiger partial charge in [0.2, 0.25) is 0 Å². The quantitative estimate of drug-likeness (QED) is 0.804. The lowest BCUT2D eigenvalue weighted by molar-refractivity contribution is 0.343. The Balaban J connectivity index is 2.10. The molecule has 0 saturated carbocycles. The number of fused-ring (bicyclic) bond motifs is 1. The predicted molar refractivity (Wildman–Crippen MR) is 81.5 cm³/mol. The van der Waals surface area contributed by atoms with Crippen LogP contribution in [0.1, 0.15) is 63.6 Å². The van der Waals surface area contributed by atoms with Crippen molar-refractivity contribution in [3.05, 3.63) is 29.6 Å². The van der Waals surface area contributed by atoms with Crippen molar-refractivity contribution in [1.29, 1.82) is 0 Å². The zero-order chi connectivity index (χ0) is 13.7. The van der Waals surface area contributed by atoms with Crippen LogP contribution in [0.5, 0.6) is 0 Å². The number of hydrogen-bond donors (Lipinski definition) is 1. The lowest BCUT2D eigenvalue weighted by Crippen LogP contribution is -2.36. The molecule has 0 bridgehead atoms. The maximum atomic E-state index is 4.66. The van der Waals surface area contributed by atoms with Crippen LogP contribution in [0.25, 0.3) is 0 Å². The molecule has 1 N–H and O–H groups in total. The fourth-order valence-corrected chi connectivity index (χ4v) is 3.16. The van der Waals surface area contributed by atoms with Crippen LogP contribution < -0.4 is 5.32 Å². The molecule has 0 amide bonds. The van der Waals surface area contributed by atoms with Crippen LogP contribution in [0.3, 0.4) is 0 Å². The van der Waals surface area contributed by atoms with E-state index in [1.54, 1.807) is 0 Å². The summed E-state index contributed by atoms with van der Waals surface area (Å²) in [6, 6.07) is 4.93. The van der Waals surface area contributed by atoms with E-state index in [-0.39, 0.29) is 0 Å². The molecule has 0 aromatic carbocycles. The van der Waals surface area contributed by atoms with Crippen LogP contribution >= 0.6 is 0 Å². The third-order valence-corrected chi connectivity index (χ3v) is 4.50. The molecule has 0 aliphatic heterocycles. The van der Waals surface area contributed by atoms with Crippen LogP contribution in [0.15, 0.2) is 18.3 Å². The molecular weight excluding hydrogens is 232 g/mol. The van der Waals surface area contributed by atoms with Gasteiger partial charge < -0.3 is 5.32 Å². The van der Waals surface area contributed by atoms with Gasteiger partial charge in [-0.15, -0.1) is 0 Å². The Labute approximate surface area is 118 Å². The minimum Gasteiger partial charge on any atom is -0.313 e. The molecule has 106 valence electrons. The van der Waals surface area contributed by atoms with E-state index < -0.39 is 0 Å². The van der Waals surface area contributed by atoms with E-state index in [0.717, 1.165) is 12.5 Å². The molecule has 2 heteroatoms. The van der Waals surface area contributed by atoms with E-state index in [9.17, 15) is 0 Å². The smallest absolute Gasteiger partial charge is 0.0482 e. The number of hydrogen-bond acceptors (Lipinski definition) is 2. The maximum Gasteiger partial charge on any atom is 0.0482 e. The molecule has 0 spiro atoms. The Morgan fingerprint density at radius 1 is 1.42 bits per heavy atom. The second-order valence-corrected chi connectivity index (χ2v) is 6.00. The first-order chi connectivity index (χ1) is 9.26. The van der Waals surface area contributed by atoms with Crippen molar-refractivity contribution < 1.29 is 0 Å². The monoisotopic (exact) mass is 260 g/mol. The highest BCUT2D eigenvalue weighted by molar-refractivity contribution is 5.30. The number of nitrogens with zero attached hydrogens (tertiary/aromatic N) is 1. The number of nitrogens with one attached hydrogen (secondary N) is 1. The van der Waals surface area contributed by atoms with E-state index in [1.807, 2.05) is 6.20 Å². The predicted octanol–water partition coefficient (Wildman–Crippen LogP) is 3.92. The van der Waals surface area contributed by atoms with Gasteiger partial charge in [0.25, 0.3) is 0 Å². The average Bonchev–Trinajstić information content (AvgIpc) is 2.87. The molecule has 1 aromatic heterocycles. The Kier molecular flexibility index (Phi) is 5.38. The largest absolute Gasteiger partial charge is 0.313 e. The molecule has 3 atom stereocenters. The molecule has 1 heterocycles. The second kappa shape index (κ2) is 7.04. The molecule has 3 unspecified atom stereocenters. The lowest BCUT2D eigenvalue weighted by Gasteiger charge is -2.27. The van der Waals surface area contributed by atoms with Gasteiger partial charge >= 0.3 is 0 Å². The summed E-state index contributed by atoms with van der Waals surface area (Å²) in [5.41, 5.74) is 2.83. The van der Waals surface area contributed by atoms with E-state index in [2.05, 4.69) is 43.2 Å². The Morgan fingerprint density at radius 2 is 2.26 bits per heavy atom. The molecule has 1 aromatic rings. The number of aryl methyl sites for hydroxylation is 1. The summed E-state index contributed by atoms with van der Waals surface area (Å²) >= 11 is 0. The molecule has 1 aliphatic carbocycles. The highest BCUT2D eigenvalue weighted by Crippen LogP contribution is 2.36. The Morgan fingerprint density at radius 3 is 3.00 bits per heavy atom. The zero-order valence-electron chi connectivity index (χ0n) is 12.7. The van der Waals surface area contributed by atoms with Crippen LogP contribution in [-0.4, -0.2) is 17.6 Å². The van der Waals surface area contributed by atoms with Gasteiger partial charge in [-0.3, -0.25) is 4.98 Å². The van der Waals surface area contributed by atoms with Gasteiger partial charge in [-0.1, -0.05) is 33.3 Å². The molecule has 0 saturated heterocycles. The SMILES string of the molecule is CCCNC(CC(C)CC)C1CCc2cccnc21. The summed E-state index contributed by atoms with van der Waals surface area (Å²) in [5.74, 6) is 1.42. The van der Waals surface area contributed by atoms with Gasteiger partial charge in [0.1, 0.15) is 0 Å². The number of aromatic nitrogens is 1. The normalized spacial score (nSPS) is 21.1. The van der Waals surface area contributed by atoms with Gasteiger partial charge in [-0.05, 0) is 49.8 Å². The topological polar surface area (TPSA) is 24.9 Å². The van der Waals surface area contributed by atoms with E-state index in [4.69, 9.17) is 0 Å². The summed E-state index contributed by atoms with van der Waals surface area (Å²) in [4.78, 5) is 4.66. The van der Waals surface area contributed by atoms with Gasteiger partial charge in [-0.2, -0.15) is 0 Å². The molecular formula is C17H28N2. The highest BCUT2D eigenvalue weighted by atomic mass is 14.9. The van der Waals surface area contributed by atoms with Crippen LogP contribution in [-0.2, 0) is 6.42 Å². The first-order valence-corrected chi connectivity index (χ1v) is 7.93. The second-order valence-electron chi connectivity index (χ2n) is 6.00. The summed E-state index contributed by atoms with van der Waals surface area (Å²) in [5, 5.41) is 3.78. The van der Waals surface area contributed by atoms with Crippen molar-refractivity contribution in [2.75, 3.05) is 6.54 Å². The third-order valence-electron chi connectivity index (χ3n) is 4.50. The summed E-state index contributed by atoms with van der Waals surface area (Å²) in [7, 11) is 0. The minimum atomic E-state index is 0.603. The summed E-state index contributed by atoms with van der Waals surface area (Å²) < 4.78 is 0. The standard InChI is InChI=1S/C17H28N2/c1-4-10-18-16(12-13(3)5-2)15-9-8-14-7-6-11-19-17(14)15/h6-7,11,13,15-16,18H,4-5,8-10,12H2,1-3H3. The first kappa shape index (κ1) is 14.5. The molecule has 2 nitrogen and oxygen atoms in total. The van der Waals surface area contributed by atoms with E-state index >= 15 is 0 Å². The van der Waals surface area contributed by atoms with Crippen LogP contribution in [0.4, 0.5) is 0 Å². The third kappa shape index (κ3) is 3.56. The molecule has 1 aliphatic rings. The van der Waals surface area contributed by atoms with Gasteiger partial charge in [-0.25, -0.2) is 0 Å². The van der Waals surface area contributed by atoms with Gasteiger partial charge in [0, 0.05) is 23.9 Å². The van der Waals surface area contributed by atoms with Crippen molar-refractivity contribution in [3.63, 3.8) is 0 Å². The van der Waals surface area contributed by atoms with Gasteiger partial charge in [0.05, 0.1) is 0 Å². The van der Waals surface area contributed by atoms with E-state index in [1.165, 1.54) is 43.4 Å². The zero-order valence-corrected chi connectivity index (χ0v) is 12.7. The first-order valence-electron chi connectivity index (χ1n) is 7.93. The Hall–Kier alpha value is -0.890. The van der Waals surface area contributed by atoms with Crippen molar-refractivity contribution in [3.8, 4) is 0 Å². The minimum absolute atomic E-state index is 0.603. The van der Waals surface area contributed by atoms with Gasteiger partial charge in [0.15, 0.2) is 0 Å². The van der Waals surface area contributed by atoms with Crippen molar-refractivity contribution >= 4 is 0 Å². The lowest BCUT2D eigenvalue weighted by atomic mass is 9.88. The molecule has 2 rings (SSSR count). The number of rotatable bonds is 7. The number of pyridine rings is 1. The van der Waals surface area contributed by atoms with Crippen LogP contribution in [0.2, 0.25) is 0 Å². The van der Waals surface area contributed by atoms with E-state index in [0.29, 0.717) is 12.0 Å². The fourth-order valence-electron chi connectivity index (χ4n) is 3.16. The van der Waals surface area contributed by atoms with Crippen molar-refractivity contribution in [1.82, 2.24) is 10.3 Å². The molecule has 0 radical (unpaired) electrons. The maximum absolute atomic E-state index is 4.66. The van der Waals surface area contributed by atoms with Crippen LogP contribution in [0, 0.1) is 5.92 Å². The molecule has 0 fully saturated rings. The Bertz CT molecular complexity index is 389.